The van der Waals surface area contributed by atoms with Gasteiger partial charge in [-0.15, -0.1) is 0 Å². The summed E-state index contributed by atoms with van der Waals surface area (Å²) >= 11 is 0. The van der Waals surface area contributed by atoms with Gasteiger partial charge in [0.25, 0.3) is 0 Å². The molecule has 1 amide bonds. The van der Waals surface area contributed by atoms with E-state index in [1.165, 1.54) is 0 Å². The summed E-state index contributed by atoms with van der Waals surface area (Å²) in [4.78, 5) is 11.7. The molecule has 0 saturated carbocycles. The van der Waals surface area contributed by atoms with Crippen LogP contribution < -0.4 is 10.6 Å². The minimum atomic E-state index is 0.118. The first-order valence-electron chi connectivity index (χ1n) is 5.24. The molecule has 2 N–H and O–H groups in total. The van der Waals surface area contributed by atoms with Gasteiger partial charge in [0.05, 0.1) is 12.7 Å². The first kappa shape index (κ1) is 10.2. The van der Waals surface area contributed by atoms with Crippen LogP contribution in [0.1, 0.15) is 18.6 Å². The molecule has 5 heteroatoms. The summed E-state index contributed by atoms with van der Waals surface area (Å²) in [5.74, 6) is 0.958. The molecule has 0 radical (unpaired) electrons. The van der Waals surface area contributed by atoms with Crippen molar-refractivity contribution in [1.29, 1.82) is 0 Å². The van der Waals surface area contributed by atoms with Crippen molar-refractivity contribution < 1.29 is 9.32 Å². The highest BCUT2D eigenvalue weighted by molar-refractivity contribution is 5.78. The second kappa shape index (κ2) is 4.93. The number of rotatable bonds is 3. The van der Waals surface area contributed by atoms with Crippen molar-refractivity contribution in [3.8, 4) is 0 Å². The lowest BCUT2D eigenvalue weighted by molar-refractivity contribution is -0.126. The van der Waals surface area contributed by atoms with Crippen molar-refractivity contribution in [1.82, 2.24) is 15.8 Å². The minimum absolute atomic E-state index is 0.118. The summed E-state index contributed by atoms with van der Waals surface area (Å²) in [6.07, 6.45) is 3.41. The van der Waals surface area contributed by atoms with Crippen molar-refractivity contribution in [2.24, 2.45) is 5.92 Å². The third-order valence-corrected chi connectivity index (χ3v) is 2.64. The minimum Gasteiger partial charge on any atom is -0.360 e. The largest absolute Gasteiger partial charge is 0.360 e. The number of hydrogen-bond donors (Lipinski definition) is 2. The van der Waals surface area contributed by atoms with E-state index < -0.39 is 0 Å². The monoisotopic (exact) mass is 209 g/mol. The van der Waals surface area contributed by atoms with E-state index in [1.54, 1.807) is 12.3 Å². The summed E-state index contributed by atoms with van der Waals surface area (Å²) in [5.41, 5.74) is 0. The molecule has 5 nitrogen and oxygen atoms in total. The van der Waals surface area contributed by atoms with Gasteiger partial charge in [-0.05, 0) is 25.9 Å². The predicted molar refractivity (Wildman–Crippen MR) is 53.9 cm³/mol. The molecule has 0 aliphatic carbocycles. The Balaban J connectivity index is 1.76. The van der Waals surface area contributed by atoms with Gasteiger partial charge in [0, 0.05) is 12.0 Å². The highest BCUT2D eigenvalue weighted by Gasteiger charge is 2.20. The summed E-state index contributed by atoms with van der Waals surface area (Å²) in [5, 5.41) is 9.66. The molecule has 0 aromatic carbocycles. The van der Waals surface area contributed by atoms with Crippen LogP contribution in [-0.4, -0.2) is 24.2 Å². The van der Waals surface area contributed by atoms with Gasteiger partial charge < -0.3 is 15.2 Å². The Morgan fingerprint density at radius 3 is 3.07 bits per heavy atom. The van der Waals surface area contributed by atoms with Crippen LogP contribution in [0, 0.1) is 5.92 Å². The molecule has 1 aliphatic rings. The van der Waals surface area contributed by atoms with E-state index in [0.717, 1.165) is 25.9 Å². The standard InChI is InChI=1S/C10H15N3O2/c14-10(8-1-4-11-5-2-8)12-7-9-3-6-13-15-9/h3,6,8,11H,1-2,4-5,7H2,(H,12,14). The smallest absolute Gasteiger partial charge is 0.223 e. The molecule has 82 valence electrons. The van der Waals surface area contributed by atoms with Crippen LogP contribution in [0.5, 0.6) is 0 Å². The fraction of sp³-hybridized carbons (Fsp3) is 0.600. The Kier molecular flexibility index (Phi) is 3.34. The van der Waals surface area contributed by atoms with Crippen LogP contribution in [0.15, 0.2) is 16.8 Å². The second-order valence-corrected chi connectivity index (χ2v) is 3.72. The maximum atomic E-state index is 11.7. The normalized spacial score (nSPS) is 17.6. The van der Waals surface area contributed by atoms with Crippen LogP contribution >= 0.6 is 0 Å². The number of hydrogen-bond acceptors (Lipinski definition) is 4. The Labute approximate surface area is 88.2 Å². The molecule has 0 unspecified atom stereocenters. The molecule has 0 bridgehead atoms. The van der Waals surface area contributed by atoms with Crippen LogP contribution in [0.4, 0.5) is 0 Å². The average Bonchev–Trinajstić information content (AvgIpc) is 2.80. The third-order valence-electron chi connectivity index (χ3n) is 2.64. The lowest BCUT2D eigenvalue weighted by Crippen LogP contribution is -2.37. The van der Waals surface area contributed by atoms with Gasteiger partial charge >= 0.3 is 0 Å². The van der Waals surface area contributed by atoms with E-state index in [0.29, 0.717) is 12.3 Å². The predicted octanol–water partition coefficient (Wildman–Crippen LogP) is 0.290. The molecule has 1 aromatic rings. The number of aromatic nitrogens is 1. The number of carbonyl (C=O) groups excluding carboxylic acids is 1. The Morgan fingerprint density at radius 1 is 1.60 bits per heavy atom. The lowest BCUT2D eigenvalue weighted by Gasteiger charge is -2.21. The van der Waals surface area contributed by atoms with Gasteiger partial charge in [0.15, 0.2) is 5.76 Å². The van der Waals surface area contributed by atoms with Crippen molar-refractivity contribution in [2.75, 3.05) is 13.1 Å². The molecule has 0 spiro atoms. The molecule has 15 heavy (non-hydrogen) atoms. The van der Waals surface area contributed by atoms with Gasteiger partial charge in [-0.3, -0.25) is 4.79 Å². The average molecular weight is 209 g/mol. The van der Waals surface area contributed by atoms with Gasteiger partial charge in [0.1, 0.15) is 0 Å². The van der Waals surface area contributed by atoms with Crippen LogP contribution in [0.25, 0.3) is 0 Å². The molecular weight excluding hydrogens is 194 g/mol. The summed E-state index contributed by atoms with van der Waals surface area (Å²) in [6, 6.07) is 1.75. The highest BCUT2D eigenvalue weighted by atomic mass is 16.5. The fourth-order valence-corrected chi connectivity index (χ4v) is 1.74. The van der Waals surface area contributed by atoms with Gasteiger partial charge in [0.2, 0.25) is 5.91 Å². The molecular formula is C10H15N3O2. The quantitative estimate of drug-likeness (QED) is 0.751. The van der Waals surface area contributed by atoms with Gasteiger partial charge in [-0.1, -0.05) is 5.16 Å². The Hall–Kier alpha value is -1.36. The molecule has 2 rings (SSSR count). The topological polar surface area (TPSA) is 67.2 Å². The van der Waals surface area contributed by atoms with Crippen LogP contribution in [-0.2, 0) is 11.3 Å². The van der Waals surface area contributed by atoms with E-state index in [4.69, 9.17) is 4.52 Å². The van der Waals surface area contributed by atoms with Crippen LogP contribution in [0.3, 0.4) is 0 Å². The summed E-state index contributed by atoms with van der Waals surface area (Å²) in [7, 11) is 0. The first-order chi connectivity index (χ1) is 7.36. The summed E-state index contributed by atoms with van der Waals surface area (Å²) in [6.45, 7) is 2.30. The van der Waals surface area contributed by atoms with E-state index in [1.807, 2.05) is 0 Å². The molecule has 1 fully saturated rings. The zero-order valence-electron chi connectivity index (χ0n) is 8.53. The number of piperidine rings is 1. The Bertz CT molecular complexity index is 304. The number of carbonyl (C=O) groups is 1. The Morgan fingerprint density at radius 2 is 2.40 bits per heavy atom. The number of amides is 1. The third kappa shape index (κ3) is 2.79. The van der Waals surface area contributed by atoms with E-state index in [2.05, 4.69) is 15.8 Å². The van der Waals surface area contributed by atoms with Crippen molar-refractivity contribution in [3.05, 3.63) is 18.0 Å². The molecule has 0 atom stereocenters. The molecule has 1 saturated heterocycles. The van der Waals surface area contributed by atoms with Crippen molar-refractivity contribution in [3.63, 3.8) is 0 Å². The van der Waals surface area contributed by atoms with Crippen molar-refractivity contribution in [2.45, 2.75) is 19.4 Å². The molecule has 2 heterocycles. The van der Waals surface area contributed by atoms with Crippen LogP contribution in [0.2, 0.25) is 0 Å². The van der Waals surface area contributed by atoms with Gasteiger partial charge in [-0.25, -0.2) is 0 Å². The van der Waals surface area contributed by atoms with E-state index in [9.17, 15) is 4.79 Å². The highest BCUT2D eigenvalue weighted by Crippen LogP contribution is 2.11. The van der Waals surface area contributed by atoms with Crippen molar-refractivity contribution >= 4 is 5.91 Å². The first-order valence-corrected chi connectivity index (χ1v) is 5.24. The maximum absolute atomic E-state index is 11.7. The van der Waals surface area contributed by atoms with E-state index >= 15 is 0 Å². The summed E-state index contributed by atoms with van der Waals surface area (Å²) < 4.78 is 4.89. The SMILES string of the molecule is O=C(NCc1ccno1)C1CCNCC1. The molecule has 1 aliphatic heterocycles. The molecule has 1 aromatic heterocycles. The number of nitrogens with zero attached hydrogens (tertiary/aromatic N) is 1. The van der Waals surface area contributed by atoms with E-state index in [-0.39, 0.29) is 11.8 Å². The lowest BCUT2D eigenvalue weighted by atomic mass is 9.97. The zero-order valence-corrected chi connectivity index (χ0v) is 8.53. The number of nitrogens with one attached hydrogen (secondary N) is 2. The fourth-order valence-electron chi connectivity index (χ4n) is 1.74. The zero-order chi connectivity index (χ0) is 10.5. The van der Waals surface area contributed by atoms with Gasteiger partial charge in [-0.2, -0.15) is 0 Å². The maximum Gasteiger partial charge on any atom is 0.223 e. The second-order valence-electron chi connectivity index (χ2n) is 3.72.